The number of nitrogens with one attached hydrogen (secondary N) is 1. The maximum absolute atomic E-state index is 12.3. The van der Waals surface area contributed by atoms with Crippen molar-refractivity contribution < 1.29 is 17.9 Å². The molecule has 0 aliphatic carbocycles. The molecule has 0 aromatic heterocycles. The number of carbonyl (C=O) groups is 1. The molecule has 166 valence electrons. The van der Waals surface area contributed by atoms with Crippen LogP contribution in [0.4, 0.5) is 16.2 Å². The van der Waals surface area contributed by atoms with Crippen LogP contribution in [0.15, 0.2) is 24.3 Å². The number of cyclic esters (lactones) is 1. The molecule has 10 heteroatoms. The minimum absolute atomic E-state index is 0.132. The fraction of sp³-hybridized carbons (Fsp3) is 0.600. The number of hydrogen-bond donors (Lipinski definition) is 1. The van der Waals surface area contributed by atoms with Crippen LogP contribution in [0.5, 0.6) is 0 Å². The van der Waals surface area contributed by atoms with Crippen LogP contribution in [0.1, 0.15) is 20.8 Å². The van der Waals surface area contributed by atoms with Crippen LogP contribution < -0.4 is 15.1 Å². The van der Waals surface area contributed by atoms with Crippen molar-refractivity contribution in [2.24, 2.45) is 5.92 Å². The second-order valence-corrected chi connectivity index (χ2v) is 10.5. The number of sulfonamides is 1. The fourth-order valence-electron chi connectivity index (χ4n) is 3.51. The van der Waals surface area contributed by atoms with E-state index < -0.39 is 10.0 Å². The number of amides is 1. The van der Waals surface area contributed by atoms with E-state index in [1.54, 1.807) is 16.1 Å². The van der Waals surface area contributed by atoms with Gasteiger partial charge >= 0.3 is 6.09 Å². The first-order valence-corrected chi connectivity index (χ1v) is 12.3. The molecule has 0 saturated carbocycles. The van der Waals surface area contributed by atoms with Gasteiger partial charge in [0, 0.05) is 43.5 Å². The predicted molar refractivity (Wildman–Crippen MR) is 123 cm³/mol. The zero-order valence-electron chi connectivity index (χ0n) is 17.7. The molecular weight excluding hydrogens is 424 g/mol. The van der Waals surface area contributed by atoms with E-state index in [0.717, 1.165) is 16.4 Å². The first kappa shape index (κ1) is 22.8. The number of hydrogen-bond acceptors (Lipinski definition) is 6. The van der Waals surface area contributed by atoms with Gasteiger partial charge in [-0.05, 0) is 31.2 Å². The quantitative estimate of drug-likeness (QED) is 0.632. The van der Waals surface area contributed by atoms with E-state index in [2.05, 4.69) is 10.2 Å². The summed E-state index contributed by atoms with van der Waals surface area (Å²) in [6.07, 6.45) is -0.606. The smallest absolute Gasteiger partial charge is 0.414 e. The predicted octanol–water partition coefficient (Wildman–Crippen LogP) is 2.06. The average Bonchev–Trinajstić information content (AvgIpc) is 3.12. The SMILES string of the molecule is CCS(=O)(=O)N1CCN(c2ccc(N3C[C@H](CNC(=S)C(C)C)OC3=O)cc2)CC1. The van der Waals surface area contributed by atoms with Crippen LogP contribution in [-0.4, -0.2) is 74.9 Å². The molecule has 2 aliphatic heterocycles. The van der Waals surface area contributed by atoms with Crippen LogP contribution in [0.2, 0.25) is 0 Å². The van der Waals surface area contributed by atoms with Gasteiger partial charge in [-0.2, -0.15) is 4.31 Å². The molecule has 2 saturated heterocycles. The normalized spacial score (nSPS) is 20.5. The maximum atomic E-state index is 12.3. The van der Waals surface area contributed by atoms with Crippen molar-refractivity contribution in [1.82, 2.24) is 9.62 Å². The first-order valence-electron chi connectivity index (χ1n) is 10.3. The fourth-order valence-corrected chi connectivity index (χ4v) is 4.68. The summed E-state index contributed by atoms with van der Waals surface area (Å²) in [5.41, 5.74) is 1.80. The maximum Gasteiger partial charge on any atom is 0.414 e. The Kier molecular flexibility index (Phi) is 7.20. The molecule has 30 heavy (non-hydrogen) atoms. The summed E-state index contributed by atoms with van der Waals surface area (Å²) >= 11 is 5.27. The Labute approximate surface area is 184 Å². The van der Waals surface area contributed by atoms with Crippen molar-refractivity contribution in [2.75, 3.05) is 54.8 Å². The average molecular weight is 455 g/mol. The lowest BCUT2D eigenvalue weighted by Gasteiger charge is -2.35. The van der Waals surface area contributed by atoms with E-state index in [-0.39, 0.29) is 23.9 Å². The molecule has 0 spiro atoms. The van der Waals surface area contributed by atoms with Gasteiger partial charge in [0.05, 0.1) is 23.8 Å². The summed E-state index contributed by atoms with van der Waals surface area (Å²) in [6.45, 7) is 8.96. The Morgan fingerprint density at radius 2 is 1.77 bits per heavy atom. The number of benzene rings is 1. The van der Waals surface area contributed by atoms with Gasteiger partial charge in [0.25, 0.3) is 0 Å². The second kappa shape index (κ2) is 9.49. The highest BCUT2D eigenvalue weighted by atomic mass is 32.2. The second-order valence-electron chi connectivity index (χ2n) is 7.82. The highest BCUT2D eigenvalue weighted by Gasteiger charge is 2.32. The summed E-state index contributed by atoms with van der Waals surface area (Å²) in [7, 11) is -3.14. The summed E-state index contributed by atoms with van der Waals surface area (Å²) < 4.78 is 31.0. The number of carbonyl (C=O) groups excluding carboxylic acids is 1. The van der Waals surface area contributed by atoms with E-state index in [1.165, 1.54) is 0 Å². The minimum Gasteiger partial charge on any atom is -0.442 e. The monoisotopic (exact) mass is 454 g/mol. The van der Waals surface area contributed by atoms with Gasteiger partial charge in [0.15, 0.2) is 0 Å². The molecule has 0 radical (unpaired) electrons. The molecule has 0 unspecified atom stereocenters. The Morgan fingerprint density at radius 1 is 1.17 bits per heavy atom. The lowest BCUT2D eigenvalue weighted by atomic mass is 10.2. The Bertz CT molecular complexity index is 865. The zero-order valence-corrected chi connectivity index (χ0v) is 19.3. The molecule has 1 atom stereocenters. The molecule has 1 aromatic rings. The standard InChI is InChI=1S/C20H30N4O4S2/c1-4-30(26,27)23-11-9-22(10-12-23)16-5-7-17(8-6-16)24-14-18(28-20(24)25)13-21-19(29)15(2)3/h5-8,15,18H,4,9-14H2,1-3H3,(H,21,29)/t18-/m0/s1. The zero-order chi connectivity index (χ0) is 21.9. The third-order valence-electron chi connectivity index (χ3n) is 5.43. The lowest BCUT2D eigenvalue weighted by Crippen LogP contribution is -2.49. The summed E-state index contributed by atoms with van der Waals surface area (Å²) in [5, 5.41) is 3.16. The Morgan fingerprint density at radius 3 is 2.33 bits per heavy atom. The van der Waals surface area contributed by atoms with Gasteiger partial charge in [-0.15, -0.1) is 0 Å². The van der Waals surface area contributed by atoms with Gasteiger partial charge in [-0.3, -0.25) is 4.90 Å². The Hall–Kier alpha value is -1.91. The van der Waals surface area contributed by atoms with Gasteiger partial charge in [-0.1, -0.05) is 26.1 Å². The molecule has 2 heterocycles. The minimum atomic E-state index is -3.14. The van der Waals surface area contributed by atoms with Crippen molar-refractivity contribution >= 4 is 44.7 Å². The molecule has 8 nitrogen and oxygen atoms in total. The van der Waals surface area contributed by atoms with Gasteiger partial charge in [0.2, 0.25) is 10.0 Å². The molecule has 1 aromatic carbocycles. The van der Waals surface area contributed by atoms with E-state index in [1.807, 2.05) is 38.1 Å². The van der Waals surface area contributed by atoms with Crippen molar-refractivity contribution in [3.8, 4) is 0 Å². The van der Waals surface area contributed by atoms with E-state index in [0.29, 0.717) is 39.3 Å². The first-order chi connectivity index (χ1) is 14.2. The van der Waals surface area contributed by atoms with Crippen molar-refractivity contribution in [1.29, 1.82) is 0 Å². The van der Waals surface area contributed by atoms with Crippen LogP contribution in [0.25, 0.3) is 0 Å². The third-order valence-corrected chi connectivity index (χ3v) is 7.92. The van der Waals surface area contributed by atoms with E-state index in [9.17, 15) is 13.2 Å². The van der Waals surface area contributed by atoms with Crippen molar-refractivity contribution in [3.05, 3.63) is 24.3 Å². The number of nitrogens with zero attached hydrogens (tertiary/aromatic N) is 3. The summed E-state index contributed by atoms with van der Waals surface area (Å²) in [5.74, 6) is 0.387. The highest BCUT2D eigenvalue weighted by Crippen LogP contribution is 2.25. The molecule has 3 rings (SSSR count). The molecular formula is C20H30N4O4S2. The van der Waals surface area contributed by atoms with E-state index >= 15 is 0 Å². The van der Waals surface area contributed by atoms with Gasteiger partial charge in [0.1, 0.15) is 6.10 Å². The number of thiocarbonyl (C=S) groups is 1. The van der Waals surface area contributed by atoms with Crippen LogP contribution in [0, 0.1) is 5.92 Å². The number of anilines is 2. The Balaban J connectivity index is 1.56. The molecule has 1 amide bonds. The number of piperazine rings is 1. The van der Waals surface area contributed by atoms with Crippen molar-refractivity contribution in [3.63, 3.8) is 0 Å². The van der Waals surface area contributed by atoms with Gasteiger partial charge in [-0.25, -0.2) is 13.2 Å². The van der Waals surface area contributed by atoms with Crippen LogP contribution in [0.3, 0.4) is 0 Å². The molecule has 0 bridgehead atoms. The number of rotatable bonds is 7. The molecule has 1 N–H and O–H groups in total. The third kappa shape index (κ3) is 5.22. The van der Waals surface area contributed by atoms with Crippen LogP contribution in [-0.2, 0) is 14.8 Å². The number of ether oxygens (including phenoxy) is 1. The van der Waals surface area contributed by atoms with Crippen LogP contribution >= 0.6 is 12.2 Å². The lowest BCUT2D eigenvalue weighted by molar-refractivity contribution is 0.143. The molecule has 2 aliphatic rings. The topological polar surface area (TPSA) is 82.2 Å². The van der Waals surface area contributed by atoms with E-state index in [4.69, 9.17) is 17.0 Å². The van der Waals surface area contributed by atoms with Gasteiger partial charge < -0.3 is 15.0 Å². The van der Waals surface area contributed by atoms with Crippen molar-refractivity contribution in [2.45, 2.75) is 26.9 Å². The largest absolute Gasteiger partial charge is 0.442 e. The molecule has 2 fully saturated rings. The summed E-state index contributed by atoms with van der Waals surface area (Å²) in [4.78, 5) is 16.8. The highest BCUT2D eigenvalue weighted by molar-refractivity contribution is 7.89. The summed E-state index contributed by atoms with van der Waals surface area (Å²) in [6, 6.07) is 7.73.